The van der Waals surface area contributed by atoms with E-state index < -0.39 is 0 Å². The first-order valence-corrected chi connectivity index (χ1v) is 10.4. The number of para-hydroxylation sites is 1. The van der Waals surface area contributed by atoms with Crippen LogP contribution in [0.15, 0.2) is 45.9 Å². The average molecular weight is 423 g/mol. The monoisotopic (exact) mass is 423 g/mol. The van der Waals surface area contributed by atoms with Crippen LogP contribution in [-0.4, -0.2) is 27.7 Å². The molecule has 7 nitrogen and oxygen atoms in total. The van der Waals surface area contributed by atoms with E-state index in [-0.39, 0.29) is 17.9 Å². The standard InChI is InChI=1S/C22H21N3O4S/c1-13(26)12-25-22(27)18-14(2)19(21-23-10-11-29-21)30-20(18)16(24-25)9-8-15-6-4-5-7-17(15)28-3/h4-7,10-11H,8-9,12H2,1-3H3. The number of ketones is 1. The summed E-state index contributed by atoms with van der Waals surface area (Å²) in [7, 11) is 1.65. The summed E-state index contributed by atoms with van der Waals surface area (Å²) in [4.78, 5) is 29.8. The Morgan fingerprint density at radius 1 is 1.27 bits per heavy atom. The fourth-order valence-electron chi connectivity index (χ4n) is 3.52. The van der Waals surface area contributed by atoms with Gasteiger partial charge in [-0.15, -0.1) is 11.3 Å². The van der Waals surface area contributed by atoms with Crippen LogP contribution in [0.4, 0.5) is 0 Å². The number of Topliss-reactive ketones (excluding diaryl/α,β-unsaturated/α-hetero) is 1. The van der Waals surface area contributed by atoms with E-state index in [1.807, 2.05) is 31.2 Å². The smallest absolute Gasteiger partial charge is 0.276 e. The van der Waals surface area contributed by atoms with Gasteiger partial charge in [0.15, 0.2) is 5.78 Å². The van der Waals surface area contributed by atoms with Gasteiger partial charge in [-0.05, 0) is 43.9 Å². The molecule has 0 atom stereocenters. The second-order valence-electron chi connectivity index (χ2n) is 7.02. The third kappa shape index (κ3) is 3.66. The maximum atomic E-state index is 13.1. The van der Waals surface area contributed by atoms with E-state index in [9.17, 15) is 9.59 Å². The van der Waals surface area contributed by atoms with Crippen LogP contribution in [0.5, 0.6) is 5.75 Å². The molecule has 0 spiro atoms. The lowest BCUT2D eigenvalue weighted by Crippen LogP contribution is -2.27. The van der Waals surface area contributed by atoms with Gasteiger partial charge in [-0.1, -0.05) is 18.2 Å². The Bertz CT molecular complexity index is 1270. The second-order valence-corrected chi connectivity index (χ2v) is 8.04. The number of thiophene rings is 1. The summed E-state index contributed by atoms with van der Waals surface area (Å²) in [5.41, 5.74) is 2.34. The summed E-state index contributed by atoms with van der Waals surface area (Å²) in [5, 5.41) is 5.12. The zero-order chi connectivity index (χ0) is 21.3. The maximum Gasteiger partial charge on any atom is 0.276 e. The van der Waals surface area contributed by atoms with Gasteiger partial charge in [0.05, 0.1) is 34.0 Å². The van der Waals surface area contributed by atoms with Crippen molar-refractivity contribution in [1.82, 2.24) is 14.8 Å². The van der Waals surface area contributed by atoms with Crippen molar-refractivity contribution in [3.8, 4) is 16.5 Å². The van der Waals surface area contributed by atoms with Gasteiger partial charge in [0, 0.05) is 0 Å². The minimum absolute atomic E-state index is 0.0555. The predicted octanol–water partition coefficient (Wildman–Crippen LogP) is 3.80. The molecule has 0 N–H and O–H groups in total. The Balaban J connectivity index is 1.84. The minimum Gasteiger partial charge on any atom is -0.496 e. The van der Waals surface area contributed by atoms with Gasteiger partial charge in [-0.2, -0.15) is 5.10 Å². The van der Waals surface area contributed by atoms with Crippen molar-refractivity contribution < 1.29 is 13.9 Å². The Hall–Kier alpha value is -3.26. The molecule has 3 aromatic heterocycles. The molecule has 4 rings (SSSR count). The fourth-order valence-corrected chi connectivity index (χ4v) is 4.77. The minimum atomic E-state index is -0.271. The van der Waals surface area contributed by atoms with Crippen molar-refractivity contribution in [2.24, 2.45) is 0 Å². The molecule has 3 heterocycles. The summed E-state index contributed by atoms with van der Waals surface area (Å²) >= 11 is 1.45. The fraction of sp³-hybridized carbons (Fsp3) is 0.273. The van der Waals surface area contributed by atoms with Crippen molar-refractivity contribution in [3.05, 3.63) is 63.9 Å². The van der Waals surface area contributed by atoms with E-state index in [2.05, 4.69) is 10.1 Å². The number of aromatic nitrogens is 3. The van der Waals surface area contributed by atoms with Gasteiger partial charge in [0.2, 0.25) is 5.89 Å². The van der Waals surface area contributed by atoms with E-state index in [1.165, 1.54) is 29.2 Å². The molecular weight excluding hydrogens is 402 g/mol. The third-order valence-electron chi connectivity index (χ3n) is 4.92. The highest BCUT2D eigenvalue weighted by Crippen LogP contribution is 2.37. The first kappa shape index (κ1) is 20.0. The molecule has 154 valence electrons. The Morgan fingerprint density at radius 2 is 2.07 bits per heavy atom. The van der Waals surface area contributed by atoms with Gasteiger partial charge in [-0.25, -0.2) is 9.67 Å². The van der Waals surface area contributed by atoms with Crippen LogP contribution in [0.3, 0.4) is 0 Å². The van der Waals surface area contributed by atoms with Gasteiger partial charge >= 0.3 is 0 Å². The average Bonchev–Trinajstić information content (AvgIpc) is 3.37. The van der Waals surface area contributed by atoms with Crippen molar-refractivity contribution in [3.63, 3.8) is 0 Å². The van der Waals surface area contributed by atoms with E-state index in [0.717, 1.165) is 32.1 Å². The van der Waals surface area contributed by atoms with Gasteiger partial charge in [0.25, 0.3) is 5.56 Å². The van der Waals surface area contributed by atoms with Gasteiger partial charge < -0.3 is 9.15 Å². The van der Waals surface area contributed by atoms with E-state index in [0.29, 0.717) is 24.1 Å². The number of aryl methyl sites for hydroxylation is 3. The molecule has 4 aromatic rings. The molecule has 0 saturated heterocycles. The van der Waals surface area contributed by atoms with Crippen LogP contribution in [0.2, 0.25) is 0 Å². The molecule has 0 radical (unpaired) electrons. The highest BCUT2D eigenvalue weighted by Gasteiger charge is 2.21. The number of methoxy groups -OCH3 is 1. The first-order chi connectivity index (χ1) is 14.5. The number of oxazole rings is 1. The summed E-state index contributed by atoms with van der Waals surface area (Å²) in [5.74, 6) is 1.16. The number of fused-ring (bicyclic) bond motifs is 1. The number of rotatable bonds is 7. The lowest BCUT2D eigenvalue weighted by Gasteiger charge is -2.10. The first-order valence-electron chi connectivity index (χ1n) is 9.54. The quantitative estimate of drug-likeness (QED) is 0.449. The van der Waals surface area contributed by atoms with Gasteiger partial charge in [0.1, 0.15) is 18.6 Å². The number of ether oxygens (including phenoxy) is 1. The molecule has 0 amide bonds. The van der Waals surface area contributed by atoms with Crippen LogP contribution in [-0.2, 0) is 24.2 Å². The molecule has 0 fully saturated rings. The Morgan fingerprint density at radius 3 is 2.77 bits per heavy atom. The second kappa shape index (κ2) is 8.23. The third-order valence-corrected chi connectivity index (χ3v) is 6.25. The number of nitrogens with zero attached hydrogens (tertiary/aromatic N) is 3. The largest absolute Gasteiger partial charge is 0.496 e. The molecule has 0 saturated carbocycles. The highest BCUT2D eigenvalue weighted by molar-refractivity contribution is 7.22. The van der Waals surface area contributed by atoms with E-state index in [1.54, 1.807) is 13.3 Å². The number of hydrogen-bond donors (Lipinski definition) is 0. The van der Waals surface area contributed by atoms with Crippen molar-refractivity contribution >= 4 is 27.2 Å². The summed E-state index contributed by atoms with van der Waals surface area (Å²) in [6.45, 7) is 3.27. The molecule has 30 heavy (non-hydrogen) atoms. The molecular formula is C22H21N3O4S. The van der Waals surface area contributed by atoms with Crippen LogP contribution < -0.4 is 10.3 Å². The molecule has 0 unspecified atom stereocenters. The van der Waals surface area contributed by atoms with Crippen LogP contribution in [0.25, 0.3) is 20.9 Å². The van der Waals surface area contributed by atoms with Crippen LogP contribution in [0, 0.1) is 6.92 Å². The van der Waals surface area contributed by atoms with Gasteiger partial charge in [-0.3, -0.25) is 9.59 Å². The maximum absolute atomic E-state index is 13.1. The van der Waals surface area contributed by atoms with Crippen molar-refractivity contribution in [2.45, 2.75) is 33.2 Å². The Labute approximate surface area is 176 Å². The molecule has 0 aliphatic rings. The highest BCUT2D eigenvalue weighted by atomic mass is 32.1. The normalized spacial score (nSPS) is 11.2. The molecule has 1 aromatic carbocycles. The number of carbonyl (C=O) groups excluding carboxylic acids is 1. The van der Waals surface area contributed by atoms with Crippen LogP contribution >= 0.6 is 11.3 Å². The summed E-state index contributed by atoms with van der Waals surface area (Å²) < 4.78 is 13.0. The van der Waals surface area contributed by atoms with Crippen molar-refractivity contribution in [1.29, 1.82) is 0 Å². The summed E-state index contributed by atoms with van der Waals surface area (Å²) in [6, 6.07) is 7.83. The molecule has 0 aliphatic carbocycles. The zero-order valence-corrected chi connectivity index (χ0v) is 17.8. The molecule has 8 heteroatoms. The van der Waals surface area contributed by atoms with E-state index >= 15 is 0 Å². The Kier molecular flexibility index (Phi) is 5.50. The SMILES string of the molecule is COc1ccccc1CCc1nn(CC(C)=O)c(=O)c2c(C)c(-c3ncco3)sc12. The van der Waals surface area contributed by atoms with E-state index in [4.69, 9.17) is 9.15 Å². The number of benzene rings is 1. The summed E-state index contributed by atoms with van der Waals surface area (Å²) in [6.07, 6.45) is 4.37. The number of carbonyl (C=O) groups is 1. The lowest BCUT2D eigenvalue weighted by molar-refractivity contribution is -0.117. The molecule has 0 aliphatic heterocycles. The predicted molar refractivity (Wildman–Crippen MR) is 115 cm³/mol. The number of hydrogen-bond acceptors (Lipinski definition) is 7. The molecule has 0 bridgehead atoms. The van der Waals surface area contributed by atoms with Crippen LogP contribution in [0.1, 0.15) is 23.7 Å². The lowest BCUT2D eigenvalue weighted by atomic mass is 10.1. The topological polar surface area (TPSA) is 87.2 Å². The zero-order valence-electron chi connectivity index (χ0n) is 17.0. The van der Waals surface area contributed by atoms with Crippen molar-refractivity contribution in [2.75, 3.05) is 7.11 Å².